The molecule has 0 amide bonds. The first-order chi connectivity index (χ1) is 8.76. The molecule has 0 saturated carbocycles. The first-order valence-corrected chi connectivity index (χ1v) is 5.05. The van der Waals surface area contributed by atoms with Crippen molar-refractivity contribution in [3.05, 3.63) is 35.7 Å². The number of carbonyl (C=O) groups excluding carboxylic acids is 1. The lowest BCUT2D eigenvalue weighted by Crippen LogP contribution is -2.13. The molecule has 1 heterocycles. The maximum absolute atomic E-state index is 11.6. The molecule has 0 bridgehead atoms. The van der Waals surface area contributed by atoms with Crippen molar-refractivity contribution in [2.75, 3.05) is 11.9 Å². The van der Waals surface area contributed by atoms with Gasteiger partial charge in [-0.05, 0) is 12.1 Å². The summed E-state index contributed by atoms with van der Waals surface area (Å²) in [5.41, 5.74) is 0.437. The van der Waals surface area contributed by atoms with Gasteiger partial charge in [0.25, 0.3) is 0 Å². The molecule has 18 heavy (non-hydrogen) atoms. The Bertz CT molecular complexity index is 578. The number of terminal acetylenes is 1. The normalized spacial score (nSPS) is 14.3. The molecule has 0 fully saturated rings. The fraction of sp³-hybridized carbons (Fsp3) is 0.0769. The van der Waals surface area contributed by atoms with Gasteiger partial charge in [-0.2, -0.15) is 5.26 Å². The molecule has 0 radical (unpaired) electrons. The van der Waals surface area contributed by atoms with E-state index in [2.05, 4.69) is 16.0 Å². The van der Waals surface area contributed by atoms with Crippen LogP contribution in [0.3, 0.4) is 0 Å². The van der Waals surface area contributed by atoms with Gasteiger partial charge >= 0.3 is 5.97 Å². The lowest BCUT2D eigenvalue weighted by atomic mass is 10.3. The van der Waals surface area contributed by atoms with Gasteiger partial charge in [0.05, 0.1) is 5.69 Å². The first kappa shape index (κ1) is 11.6. The molecule has 5 nitrogen and oxygen atoms in total. The third-order valence-electron chi connectivity index (χ3n) is 2.18. The van der Waals surface area contributed by atoms with Crippen LogP contribution < -0.4 is 10.1 Å². The van der Waals surface area contributed by atoms with Crippen LogP contribution in [0.1, 0.15) is 0 Å². The lowest BCUT2D eigenvalue weighted by molar-refractivity contribution is -0.137. The molecule has 1 aromatic carbocycles. The molecule has 0 saturated heterocycles. The Hall–Kier alpha value is -2.92. The molecule has 2 rings (SSSR count). The van der Waals surface area contributed by atoms with Gasteiger partial charge in [-0.25, -0.2) is 4.79 Å². The van der Waals surface area contributed by atoms with Crippen molar-refractivity contribution in [1.82, 2.24) is 0 Å². The fourth-order valence-corrected chi connectivity index (χ4v) is 1.40. The standard InChI is InChI=1S/C13H8N2O3/c1-2-7-17-13(16)9(8-14)12-15-10-5-3-4-6-11(10)18-12/h1,3-6,15H,7H2/b12-9+. The summed E-state index contributed by atoms with van der Waals surface area (Å²) in [5, 5.41) is 11.8. The zero-order valence-electron chi connectivity index (χ0n) is 9.27. The van der Waals surface area contributed by atoms with E-state index in [0.29, 0.717) is 11.4 Å². The lowest BCUT2D eigenvalue weighted by Gasteiger charge is -2.02. The van der Waals surface area contributed by atoms with Crippen molar-refractivity contribution >= 4 is 11.7 Å². The van der Waals surface area contributed by atoms with E-state index < -0.39 is 5.97 Å². The number of nitriles is 1. The topological polar surface area (TPSA) is 71.4 Å². The van der Waals surface area contributed by atoms with Crippen molar-refractivity contribution < 1.29 is 14.3 Å². The van der Waals surface area contributed by atoms with Gasteiger partial charge < -0.3 is 14.8 Å². The minimum atomic E-state index is -0.814. The molecule has 88 valence electrons. The average Bonchev–Trinajstić information content (AvgIpc) is 2.80. The van der Waals surface area contributed by atoms with E-state index in [9.17, 15) is 4.79 Å². The second-order valence-corrected chi connectivity index (χ2v) is 3.32. The number of rotatable bonds is 2. The second kappa shape index (κ2) is 4.94. The van der Waals surface area contributed by atoms with Gasteiger partial charge in [-0.1, -0.05) is 18.1 Å². The van der Waals surface area contributed by atoms with Crippen LogP contribution in [0.4, 0.5) is 5.69 Å². The summed E-state index contributed by atoms with van der Waals surface area (Å²) < 4.78 is 10.0. The number of para-hydroxylation sites is 2. The summed E-state index contributed by atoms with van der Waals surface area (Å²) in [6, 6.07) is 8.81. The number of nitrogens with one attached hydrogen (secondary N) is 1. The highest BCUT2D eigenvalue weighted by Gasteiger charge is 2.25. The highest BCUT2D eigenvalue weighted by atomic mass is 16.5. The quantitative estimate of drug-likeness (QED) is 0.366. The summed E-state index contributed by atoms with van der Waals surface area (Å²) in [7, 11) is 0. The van der Waals surface area contributed by atoms with Crippen molar-refractivity contribution in [2.24, 2.45) is 0 Å². The van der Waals surface area contributed by atoms with Gasteiger partial charge in [0.1, 0.15) is 6.07 Å². The summed E-state index contributed by atoms with van der Waals surface area (Å²) in [5.74, 6) is 1.94. The van der Waals surface area contributed by atoms with Crippen LogP contribution in [0.25, 0.3) is 0 Å². The Morgan fingerprint density at radius 3 is 2.94 bits per heavy atom. The number of hydrogen-bond acceptors (Lipinski definition) is 5. The maximum Gasteiger partial charge on any atom is 0.355 e. The van der Waals surface area contributed by atoms with E-state index in [1.807, 2.05) is 0 Å². The van der Waals surface area contributed by atoms with E-state index in [1.165, 1.54) is 0 Å². The average molecular weight is 240 g/mol. The van der Waals surface area contributed by atoms with E-state index in [4.69, 9.17) is 16.4 Å². The largest absolute Gasteiger partial charge is 0.448 e. The Morgan fingerprint density at radius 2 is 2.28 bits per heavy atom. The summed E-state index contributed by atoms with van der Waals surface area (Å²) in [4.78, 5) is 11.6. The number of hydrogen-bond donors (Lipinski definition) is 1. The minimum absolute atomic E-state index is 0.0562. The van der Waals surface area contributed by atoms with Gasteiger partial charge in [0.2, 0.25) is 5.88 Å². The molecular weight excluding hydrogens is 232 g/mol. The number of ether oxygens (including phenoxy) is 2. The molecule has 0 unspecified atom stereocenters. The number of fused-ring (bicyclic) bond motifs is 1. The summed E-state index contributed by atoms with van der Waals surface area (Å²) in [6.07, 6.45) is 4.97. The zero-order chi connectivity index (χ0) is 13.0. The predicted molar refractivity (Wildman–Crippen MR) is 63.1 cm³/mol. The van der Waals surface area contributed by atoms with Crippen LogP contribution in [0.5, 0.6) is 5.75 Å². The Labute approximate surface area is 104 Å². The molecule has 0 aromatic heterocycles. The third kappa shape index (κ3) is 2.11. The van der Waals surface area contributed by atoms with Crippen molar-refractivity contribution in [3.63, 3.8) is 0 Å². The molecule has 0 spiro atoms. The van der Waals surface area contributed by atoms with E-state index >= 15 is 0 Å². The van der Waals surface area contributed by atoms with Gasteiger partial charge in [-0.3, -0.25) is 0 Å². The molecule has 1 aliphatic heterocycles. The van der Waals surface area contributed by atoms with Crippen molar-refractivity contribution in [2.45, 2.75) is 0 Å². The third-order valence-corrected chi connectivity index (χ3v) is 2.18. The van der Waals surface area contributed by atoms with Crippen LogP contribution in [0.15, 0.2) is 35.7 Å². The number of carbonyl (C=O) groups is 1. The monoisotopic (exact) mass is 240 g/mol. The van der Waals surface area contributed by atoms with Gasteiger partial charge in [0, 0.05) is 0 Å². The van der Waals surface area contributed by atoms with E-state index in [0.717, 1.165) is 0 Å². The number of anilines is 1. The van der Waals surface area contributed by atoms with Gasteiger partial charge in [0.15, 0.2) is 17.9 Å². The smallest absolute Gasteiger partial charge is 0.355 e. The summed E-state index contributed by atoms with van der Waals surface area (Å²) >= 11 is 0. The highest BCUT2D eigenvalue weighted by Crippen LogP contribution is 2.33. The van der Waals surface area contributed by atoms with Crippen molar-refractivity contribution in [1.29, 1.82) is 5.26 Å². The molecule has 1 aromatic rings. The summed E-state index contributed by atoms with van der Waals surface area (Å²) in [6.45, 7) is -0.190. The van der Waals surface area contributed by atoms with E-state index in [-0.39, 0.29) is 18.1 Å². The minimum Gasteiger partial charge on any atom is -0.448 e. The Kier molecular flexibility index (Phi) is 3.17. The molecule has 5 heteroatoms. The maximum atomic E-state index is 11.6. The number of benzene rings is 1. The Morgan fingerprint density at radius 1 is 1.50 bits per heavy atom. The van der Waals surface area contributed by atoms with Crippen LogP contribution >= 0.6 is 0 Å². The van der Waals surface area contributed by atoms with Gasteiger partial charge in [-0.15, -0.1) is 6.42 Å². The molecular formula is C13H8N2O3. The van der Waals surface area contributed by atoms with Crippen molar-refractivity contribution in [3.8, 4) is 24.2 Å². The first-order valence-electron chi connectivity index (χ1n) is 5.05. The predicted octanol–water partition coefficient (Wildman–Crippen LogP) is 1.40. The molecule has 0 atom stereocenters. The highest BCUT2D eigenvalue weighted by molar-refractivity contribution is 5.94. The van der Waals surface area contributed by atoms with Crippen LogP contribution in [0, 0.1) is 23.7 Å². The van der Waals surface area contributed by atoms with E-state index in [1.54, 1.807) is 30.3 Å². The Balaban J connectivity index is 2.25. The zero-order valence-corrected chi connectivity index (χ0v) is 9.27. The van der Waals surface area contributed by atoms with Crippen LogP contribution in [-0.2, 0) is 9.53 Å². The SMILES string of the molecule is C#CCOC(=O)/C(C#N)=C1\Nc2ccccc2O1. The molecule has 0 aliphatic carbocycles. The van der Waals surface area contributed by atoms with Crippen LogP contribution in [-0.4, -0.2) is 12.6 Å². The number of esters is 1. The van der Waals surface area contributed by atoms with Crippen LogP contribution in [0.2, 0.25) is 0 Å². The molecule has 1 N–H and O–H groups in total. The number of nitrogens with zero attached hydrogens (tertiary/aromatic N) is 1. The second-order valence-electron chi connectivity index (χ2n) is 3.32. The molecule has 1 aliphatic rings. The fourth-order valence-electron chi connectivity index (χ4n) is 1.40.